The zero-order valence-electron chi connectivity index (χ0n) is 28.7. The van der Waals surface area contributed by atoms with Gasteiger partial charge in [0.2, 0.25) is 21.8 Å². The van der Waals surface area contributed by atoms with Crippen LogP contribution in [0, 0.1) is 11.3 Å². The summed E-state index contributed by atoms with van der Waals surface area (Å²) in [5.41, 5.74) is 0.402. The third-order valence-electron chi connectivity index (χ3n) is 10.3. The van der Waals surface area contributed by atoms with E-state index in [4.69, 9.17) is 9.47 Å². The van der Waals surface area contributed by atoms with Crippen molar-refractivity contribution in [3.05, 3.63) is 48.2 Å². The van der Waals surface area contributed by atoms with Crippen LogP contribution in [0.5, 0.6) is 0 Å². The number of hydrogen-bond donors (Lipinski definition) is 3. The van der Waals surface area contributed by atoms with Gasteiger partial charge >= 0.3 is 12.1 Å². The molecule has 3 fully saturated rings. The normalized spacial score (nSPS) is 27.5. The predicted octanol–water partition coefficient (Wildman–Crippen LogP) is 2.45. The number of amides is 4. The molecule has 50 heavy (non-hydrogen) atoms. The Bertz CT molecular complexity index is 1850. The Kier molecular flexibility index (Phi) is 9.48. The van der Waals surface area contributed by atoms with E-state index in [0.717, 1.165) is 42.1 Å². The molecule has 3 heterocycles. The zero-order valence-corrected chi connectivity index (χ0v) is 29.5. The van der Waals surface area contributed by atoms with Gasteiger partial charge in [-0.2, -0.15) is 0 Å². The highest BCUT2D eigenvalue weighted by Crippen LogP contribution is 2.45. The van der Waals surface area contributed by atoms with Crippen molar-refractivity contribution in [1.29, 1.82) is 0 Å². The molecule has 2 aromatic rings. The van der Waals surface area contributed by atoms with E-state index >= 15 is 0 Å². The quantitative estimate of drug-likeness (QED) is 0.300. The van der Waals surface area contributed by atoms with Crippen LogP contribution in [0.2, 0.25) is 0 Å². The molecule has 1 aromatic carbocycles. The molecule has 270 valence electrons. The Morgan fingerprint density at radius 1 is 1.14 bits per heavy atom. The molecule has 6 rings (SSSR count). The predicted molar refractivity (Wildman–Crippen MR) is 182 cm³/mol. The minimum absolute atomic E-state index is 0.0893. The maximum Gasteiger partial charge on any atom is 0.407 e. The Morgan fingerprint density at radius 2 is 1.90 bits per heavy atom. The number of carbonyl (C=O) groups is 5. The van der Waals surface area contributed by atoms with Gasteiger partial charge in [0.05, 0.1) is 18.4 Å². The number of alkyl carbamates (subject to hydrolysis) is 1. The molecule has 2 saturated carbocycles. The van der Waals surface area contributed by atoms with Gasteiger partial charge in [-0.05, 0) is 61.6 Å². The fourth-order valence-corrected chi connectivity index (χ4v) is 8.39. The molecule has 15 heteroatoms. The van der Waals surface area contributed by atoms with E-state index in [2.05, 4.69) is 21.9 Å². The average molecular weight is 712 g/mol. The topological polar surface area (TPSA) is 182 Å². The van der Waals surface area contributed by atoms with Gasteiger partial charge in [-0.25, -0.2) is 18.0 Å². The minimum Gasteiger partial charge on any atom is -0.456 e. The molecular formula is C35H45N5O9S. The molecule has 4 amide bonds. The van der Waals surface area contributed by atoms with E-state index in [1.54, 1.807) is 17.7 Å². The third-order valence-corrected chi connectivity index (χ3v) is 12.1. The molecule has 14 nitrogen and oxygen atoms in total. The van der Waals surface area contributed by atoms with Gasteiger partial charge in [0, 0.05) is 30.3 Å². The van der Waals surface area contributed by atoms with Gasteiger partial charge in [-0.15, -0.1) is 6.58 Å². The zero-order chi connectivity index (χ0) is 36.0. The largest absolute Gasteiger partial charge is 0.456 e. The number of sulfonamides is 1. The highest BCUT2D eigenvalue weighted by Gasteiger charge is 2.62. The molecule has 0 radical (unpaired) electrons. The van der Waals surface area contributed by atoms with Crippen LogP contribution in [0.15, 0.2) is 36.9 Å². The van der Waals surface area contributed by atoms with Crippen LogP contribution in [0.4, 0.5) is 4.79 Å². The van der Waals surface area contributed by atoms with Crippen molar-refractivity contribution in [3.8, 4) is 0 Å². The Hall–Kier alpha value is -4.40. The molecule has 4 bridgehead atoms. The van der Waals surface area contributed by atoms with Gasteiger partial charge in [-0.3, -0.25) is 19.1 Å². The molecule has 2 aliphatic heterocycles. The number of aromatic nitrogens is 1. The first kappa shape index (κ1) is 35.4. The molecule has 2 aliphatic carbocycles. The van der Waals surface area contributed by atoms with Gasteiger partial charge in [0.15, 0.2) is 0 Å². The number of hydrogen-bond acceptors (Lipinski definition) is 9. The van der Waals surface area contributed by atoms with Crippen molar-refractivity contribution in [1.82, 2.24) is 24.8 Å². The first-order chi connectivity index (χ1) is 23.6. The summed E-state index contributed by atoms with van der Waals surface area (Å²) in [5, 5.41) is 5.45. The lowest BCUT2D eigenvalue weighted by atomic mass is 9.87. The summed E-state index contributed by atoms with van der Waals surface area (Å²) in [5.74, 6) is -3.38. The minimum atomic E-state index is -3.90. The van der Waals surface area contributed by atoms with Crippen molar-refractivity contribution >= 4 is 50.7 Å². The smallest absolute Gasteiger partial charge is 0.407 e. The van der Waals surface area contributed by atoms with Crippen LogP contribution in [0.1, 0.15) is 74.8 Å². The number of benzene rings is 1. The SMILES string of the molecule is C=CC1C[C@]1(NC(=O)[C@@H]1C[C@@H]2CN1C(=O)CNC(=O)OCC(C)(C)CCCCc1cccc3c1cc(n3C)C(=O)O2)C(=O)NS(=O)(=O)C1CC1. The molecule has 1 saturated heterocycles. The first-order valence-electron chi connectivity index (χ1n) is 17.1. The van der Waals surface area contributed by atoms with Gasteiger partial charge < -0.3 is 29.6 Å². The Labute approximate surface area is 291 Å². The number of carbonyl (C=O) groups excluding carboxylic acids is 5. The molecule has 1 aromatic heterocycles. The van der Waals surface area contributed by atoms with Crippen LogP contribution < -0.4 is 15.4 Å². The van der Waals surface area contributed by atoms with Crippen molar-refractivity contribution in [2.75, 3.05) is 19.7 Å². The number of cyclic esters (lactones) is 1. The summed E-state index contributed by atoms with van der Waals surface area (Å²) in [4.78, 5) is 68.2. The van der Waals surface area contributed by atoms with E-state index in [1.165, 1.54) is 11.0 Å². The Morgan fingerprint density at radius 3 is 2.60 bits per heavy atom. The number of esters is 1. The molecule has 1 unspecified atom stereocenters. The number of nitrogens with zero attached hydrogens (tertiary/aromatic N) is 2. The monoisotopic (exact) mass is 711 g/mol. The van der Waals surface area contributed by atoms with Gasteiger partial charge in [-0.1, -0.05) is 38.5 Å². The lowest BCUT2D eigenvalue weighted by molar-refractivity contribution is -0.139. The summed E-state index contributed by atoms with van der Waals surface area (Å²) < 4.78 is 40.4. The van der Waals surface area contributed by atoms with Crippen LogP contribution in [-0.4, -0.2) is 90.3 Å². The first-order valence-corrected chi connectivity index (χ1v) is 18.7. The maximum atomic E-state index is 13.9. The molecule has 0 spiro atoms. The van der Waals surface area contributed by atoms with Crippen molar-refractivity contribution in [2.24, 2.45) is 18.4 Å². The molecule has 4 atom stereocenters. The van der Waals surface area contributed by atoms with E-state index in [0.29, 0.717) is 18.5 Å². The second kappa shape index (κ2) is 13.4. The van der Waals surface area contributed by atoms with E-state index in [9.17, 15) is 32.4 Å². The van der Waals surface area contributed by atoms with Crippen molar-refractivity contribution in [2.45, 2.75) is 88.1 Å². The third kappa shape index (κ3) is 7.23. The second-order valence-corrected chi connectivity index (χ2v) is 16.7. The maximum absolute atomic E-state index is 13.9. The van der Waals surface area contributed by atoms with Crippen LogP contribution in [0.3, 0.4) is 0 Å². The highest BCUT2D eigenvalue weighted by molar-refractivity contribution is 7.91. The lowest BCUT2D eigenvalue weighted by Crippen LogP contribution is -2.57. The summed E-state index contributed by atoms with van der Waals surface area (Å²) in [6.07, 6.45) is 4.10. The summed E-state index contributed by atoms with van der Waals surface area (Å²) in [7, 11) is -2.11. The highest BCUT2D eigenvalue weighted by atomic mass is 32.2. The number of nitrogens with one attached hydrogen (secondary N) is 3. The van der Waals surface area contributed by atoms with Gasteiger partial charge in [0.25, 0.3) is 5.91 Å². The molecule has 4 aliphatic rings. The molecular weight excluding hydrogens is 666 g/mol. The van der Waals surface area contributed by atoms with Crippen LogP contribution in [-0.2, 0) is 47.3 Å². The Balaban J connectivity index is 1.26. The van der Waals surface area contributed by atoms with Crippen LogP contribution >= 0.6 is 0 Å². The lowest BCUT2D eigenvalue weighted by Gasteiger charge is -2.27. The number of rotatable bonds is 6. The summed E-state index contributed by atoms with van der Waals surface area (Å²) in [6.45, 7) is 7.23. The second-order valence-electron chi connectivity index (χ2n) is 14.7. The van der Waals surface area contributed by atoms with E-state index in [-0.39, 0.29) is 31.4 Å². The number of aryl methyl sites for hydroxylation is 2. The summed E-state index contributed by atoms with van der Waals surface area (Å²) >= 11 is 0. The fraction of sp³-hybridized carbons (Fsp3) is 0.571. The van der Waals surface area contributed by atoms with E-state index < -0.39 is 75.2 Å². The standard InChI is InChI=1S/C35H45N5O9S/c1-5-22-17-35(22,32(44)38-50(46,47)24-12-13-24)37-30(42)27-15-23-19-40(27)29(41)18-36-33(45)48-20-34(2,3)14-7-6-9-21-10-8-11-26-25(21)16-28(39(26)4)31(43)49-23/h5,8,10-11,16,22-24,27H,1,6-7,9,12-15,17-20H2,2-4H3,(H,36,45)(H,37,42)(H,38,44)/t22?,23-,27+,35-/m1/s1. The number of fused-ring (bicyclic) bond motifs is 3. The van der Waals surface area contributed by atoms with Crippen molar-refractivity contribution in [3.63, 3.8) is 0 Å². The van der Waals surface area contributed by atoms with E-state index in [1.807, 2.05) is 32.0 Å². The molecule has 3 N–H and O–H groups in total. The fourth-order valence-electron chi connectivity index (χ4n) is 7.03. The average Bonchev–Trinajstić information content (AvgIpc) is 3.97. The number of ether oxygens (including phenoxy) is 2. The van der Waals surface area contributed by atoms with Crippen LogP contribution in [0.25, 0.3) is 10.9 Å². The van der Waals surface area contributed by atoms with Crippen molar-refractivity contribution < 1.29 is 41.9 Å². The summed E-state index contributed by atoms with van der Waals surface area (Å²) in [6, 6.07) is 6.54. The van der Waals surface area contributed by atoms with Gasteiger partial charge in [0.1, 0.15) is 29.9 Å².